The lowest BCUT2D eigenvalue weighted by Gasteiger charge is -2.48. The third-order valence-corrected chi connectivity index (χ3v) is 4.34. The highest BCUT2D eigenvalue weighted by molar-refractivity contribution is 6.30. The largest absolute Gasteiger partial charge is 0.378 e. The molecule has 2 nitrogen and oxygen atoms in total. The van der Waals surface area contributed by atoms with Crippen LogP contribution in [0.15, 0.2) is 18.2 Å². The Kier molecular flexibility index (Phi) is 4.31. The number of benzene rings is 1. The molecule has 1 aromatic rings. The standard InChI is InChI=1S/C16H24ClFN2/c1-11-7-15(2,3)9-16(8-11,10-19)20-14-5-12(17)4-13(18)6-14/h4-6,11,20H,7-10,19H2,1-3H3. The van der Waals surface area contributed by atoms with Crippen molar-refractivity contribution in [1.29, 1.82) is 0 Å². The molecule has 2 unspecified atom stereocenters. The Hall–Kier alpha value is -0.800. The molecular weight excluding hydrogens is 275 g/mol. The van der Waals surface area contributed by atoms with Crippen molar-refractivity contribution in [2.24, 2.45) is 17.1 Å². The molecule has 20 heavy (non-hydrogen) atoms. The highest BCUT2D eigenvalue weighted by atomic mass is 35.5. The van der Waals surface area contributed by atoms with Gasteiger partial charge in [-0.3, -0.25) is 0 Å². The summed E-state index contributed by atoms with van der Waals surface area (Å²) in [7, 11) is 0. The average molecular weight is 299 g/mol. The van der Waals surface area contributed by atoms with Gasteiger partial charge in [0.15, 0.2) is 0 Å². The zero-order valence-corrected chi connectivity index (χ0v) is 13.2. The number of nitrogens with one attached hydrogen (secondary N) is 1. The molecule has 3 N–H and O–H groups in total. The monoisotopic (exact) mass is 298 g/mol. The van der Waals surface area contributed by atoms with Crippen molar-refractivity contribution in [2.45, 2.75) is 45.6 Å². The quantitative estimate of drug-likeness (QED) is 0.866. The maximum atomic E-state index is 13.5. The number of nitrogens with two attached hydrogens (primary N) is 1. The highest BCUT2D eigenvalue weighted by Crippen LogP contribution is 2.45. The van der Waals surface area contributed by atoms with Crippen LogP contribution >= 0.6 is 11.6 Å². The van der Waals surface area contributed by atoms with Crippen LogP contribution in [0.3, 0.4) is 0 Å². The zero-order valence-electron chi connectivity index (χ0n) is 12.5. The number of hydrogen-bond acceptors (Lipinski definition) is 2. The Balaban J connectivity index is 2.27. The van der Waals surface area contributed by atoms with E-state index in [0.717, 1.165) is 12.8 Å². The fraction of sp³-hybridized carbons (Fsp3) is 0.625. The van der Waals surface area contributed by atoms with Crippen molar-refractivity contribution in [3.63, 3.8) is 0 Å². The van der Waals surface area contributed by atoms with Crippen molar-refractivity contribution >= 4 is 17.3 Å². The van der Waals surface area contributed by atoms with Crippen LogP contribution in [-0.4, -0.2) is 12.1 Å². The van der Waals surface area contributed by atoms with Crippen LogP contribution in [0.25, 0.3) is 0 Å². The van der Waals surface area contributed by atoms with E-state index in [2.05, 4.69) is 26.1 Å². The molecular formula is C16H24ClFN2. The molecule has 0 amide bonds. The van der Waals surface area contributed by atoms with Gasteiger partial charge < -0.3 is 11.1 Å². The van der Waals surface area contributed by atoms with Gasteiger partial charge in [-0.2, -0.15) is 0 Å². The molecule has 1 fully saturated rings. The van der Waals surface area contributed by atoms with Crippen LogP contribution in [-0.2, 0) is 0 Å². The summed E-state index contributed by atoms with van der Waals surface area (Å²) in [5, 5.41) is 3.87. The maximum absolute atomic E-state index is 13.5. The van der Waals surface area contributed by atoms with E-state index in [1.807, 2.05) is 0 Å². The van der Waals surface area contributed by atoms with E-state index in [4.69, 9.17) is 17.3 Å². The molecule has 1 saturated carbocycles. The molecule has 112 valence electrons. The second kappa shape index (κ2) is 5.53. The molecule has 2 atom stereocenters. The van der Waals surface area contributed by atoms with E-state index in [0.29, 0.717) is 23.2 Å². The van der Waals surface area contributed by atoms with Crippen molar-refractivity contribution in [3.05, 3.63) is 29.0 Å². The van der Waals surface area contributed by atoms with Crippen molar-refractivity contribution in [1.82, 2.24) is 0 Å². The lowest BCUT2D eigenvalue weighted by Crippen LogP contribution is -2.52. The van der Waals surface area contributed by atoms with Gasteiger partial charge in [-0.25, -0.2) is 4.39 Å². The van der Waals surface area contributed by atoms with Crippen LogP contribution in [0.1, 0.15) is 40.0 Å². The number of rotatable bonds is 3. The minimum absolute atomic E-state index is 0.182. The van der Waals surface area contributed by atoms with Gasteiger partial charge in [0.05, 0.1) is 5.54 Å². The van der Waals surface area contributed by atoms with Gasteiger partial charge >= 0.3 is 0 Å². The van der Waals surface area contributed by atoms with Crippen molar-refractivity contribution in [3.8, 4) is 0 Å². The number of hydrogen-bond donors (Lipinski definition) is 2. The van der Waals surface area contributed by atoms with E-state index < -0.39 is 0 Å². The summed E-state index contributed by atoms with van der Waals surface area (Å²) in [6.45, 7) is 7.33. The van der Waals surface area contributed by atoms with Gasteiger partial charge in [0.1, 0.15) is 5.82 Å². The molecule has 1 aliphatic rings. The molecule has 1 aromatic carbocycles. The zero-order chi connectivity index (χ0) is 15.0. The van der Waals surface area contributed by atoms with Crippen molar-refractivity contribution in [2.75, 3.05) is 11.9 Å². The second-order valence-electron chi connectivity index (χ2n) is 7.12. The first-order chi connectivity index (χ1) is 9.23. The molecule has 4 heteroatoms. The summed E-state index contributed by atoms with van der Waals surface area (Å²) < 4.78 is 13.5. The smallest absolute Gasteiger partial charge is 0.126 e. The number of anilines is 1. The molecule has 0 radical (unpaired) electrons. The minimum atomic E-state index is -0.324. The SMILES string of the molecule is CC1CC(C)(C)CC(CN)(Nc2cc(F)cc(Cl)c2)C1. The third-order valence-electron chi connectivity index (χ3n) is 4.12. The van der Waals surface area contributed by atoms with Gasteiger partial charge in [-0.05, 0) is 48.8 Å². The Bertz CT molecular complexity index is 469. The summed E-state index contributed by atoms with van der Waals surface area (Å²) in [4.78, 5) is 0. The van der Waals surface area contributed by atoms with Gasteiger partial charge in [0.25, 0.3) is 0 Å². The molecule has 0 saturated heterocycles. The molecule has 0 heterocycles. The first kappa shape index (κ1) is 15.6. The van der Waals surface area contributed by atoms with E-state index >= 15 is 0 Å². The lowest BCUT2D eigenvalue weighted by molar-refractivity contribution is 0.125. The fourth-order valence-electron chi connectivity index (χ4n) is 3.98. The summed E-state index contributed by atoms with van der Waals surface area (Å²) in [5.74, 6) is 0.272. The number of halogens is 2. The lowest BCUT2D eigenvalue weighted by atomic mass is 9.64. The molecule has 0 bridgehead atoms. The van der Waals surface area contributed by atoms with Gasteiger partial charge in [0.2, 0.25) is 0 Å². The first-order valence-electron chi connectivity index (χ1n) is 7.18. The van der Waals surface area contributed by atoms with Crippen LogP contribution < -0.4 is 11.1 Å². The van der Waals surface area contributed by atoms with Crippen LogP contribution in [0.2, 0.25) is 5.02 Å². The van der Waals surface area contributed by atoms with E-state index in [-0.39, 0.29) is 16.8 Å². The normalized spacial score (nSPS) is 29.2. The summed E-state index contributed by atoms with van der Waals surface area (Å²) in [5.41, 5.74) is 6.82. The van der Waals surface area contributed by atoms with E-state index in [1.54, 1.807) is 6.07 Å². The molecule has 0 aliphatic heterocycles. The Labute approximate surface area is 125 Å². The Morgan fingerprint density at radius 3 is 2.60 bits per heavy atom. The van der Waals surface area contributed by atoms with Gasteiger partial charge in [-0.15, -0.1) is 0 Å². The van der Waals surface area contributed by atoms with E-state index in [1.165, 1.54) is 18.6 Å². The molecule has 1 aliphatic carbocycles. The molecule has 0 spiro atoms. The van der Waals surface area contributed by atoms with E-state index in [9.17, 15) is 4.39 Å². The summed E-state index contributed by atoms with van der Waals surface area (Å²) in [6.07, 6.45) is 3.18. The van der Waals surface area contributed by atoms with Crippen molar-refractivity contribution < 1.29 is 4.39 Å². The minimum Gasteiger partial charge on any atom is -0.378 e. The highest BCUT2D eigenvalue weighted by Gasteiger charge is 2.42. The third kappa shape index (κ3) is 3.64. The predicted octanol–water partition coefficient (Wildman–Crippen LogP) is 4.43. The summed E-state index contributed by atoms with van der Waals surface area (Å²) in [6, 6.07) is 4.55. The summed E-state index contributed by atoms with van der Waals surface area (Å²) >= 11 is 5.93. The van der Waals surface area contributed by atoms with Crippen LogP contribution in [0.4, 0.5) is 10.1 Å². The fourth-order valence-corrected chi connectivity index (χ4v) is 4.20. The van der Waals surface area contributed by atoms with Gasteiger partial charge in [0, 0.05) is 17.3 Å². The second-order valence-corrected chi connectivity index (χ2v) is 7.56. The molecule has 2 rings (SSSR count). The van der Waals surface area contributed by atoms with Crippen LogP contribution in [0, 0.1) is 17.2 Å². The van der Waals surface area contributed by atoms with Gasteiger partial charge in [-0.1, -0.05) is 32.4 Å². The molecule has 0 aromatic heterocycles. The van der Waals surface area contributed by atoms with Crippen LogP contribution in [0.5, 0.6) is 0 Å². The first-order valence-corrected chi connectivity index (χ1v) is 7.56. The maximum Gasteiger partial charge on any atom is 0.126 e. The Morgan fingerprint density at radius 2 is 2.05 bits per heavy atom. The topological polar surface area (TPSA) is 38.0 Å². The Morgan fingerprint density at radius 1 is 1.35 bits per heavy atom. The predicted molar refractivity (Wildman–Crippen MR) is 83.6 cm³/mol. The average Bonchev–Trinajstić information content (AvgIpc) is 2.24.